The van der Waals surface area contributed by atoms with Crippen molar-refractivity contribution in [2.75, 3.05) is 20.3 Å². The smallest absolute Gasteiger partial charge is 0.271 e. The van der Waals surface area contributed by atoms with Crippen LogP contribution >= 0.6 is 0 Å². The minimum atomic E-state index is -0.635. The van der Waals surface area contributed by atoms with Crippen LogP contribution < -0.4 is 9.47 Å². The Morgan fingerprint density at radius 2 is 1.77 bits per heavy atom. The topological polar surface area (TPSA) is 97.4 Å². The second-order valence-corrected chi connectivity index (χ2v) is 9.82. The van der Waals surface area contributed by atoms with E-state index in [0.29, 0.717) is 35.6 Å². The van der Waals surface area contributed by atoms with Gasteiger partial charge in [-0.25, -0.2) is 9.07 Å². The zero-order chi connectivity index (χ0) is 30.5. The number of nitrogens with zero attached hydrogens (tertiary/aromatic N) is 4. The summed E-state index contributed by atoms with van der Waals surface area (Å²) in [7, 11) is 1.58. The van der Waals surface area contributed by atoms with Gasteiger partial charge in [0.2, 0.25) is 0 Å². The molecule has 9 heteroatoms. The Kier molecular flexibility index (Phi) is 8.49. The fourth-order valence-electron chi connectivity index (χ4n) is 4.87. The quantitative estimate of drug-likeness (QED) is 0.181. The molecule has 0 N–H and O–H groups in total. The highest BCUT2D eigenvalue weighted by Crippen LogP contribution is 2.33. The summed E-state index contributed by atoms with van der Waals surface area (Å²) in [5, 5.41) is 14.6. The molecule has 43 heavy (non-hydrogen) atoms. The molecule has 0 radical (unpaired) electrons. The Bertz CT molecular complexity index is 1780. The summed E-state index contributed by atoms with van der Waals surface area (Å²) < 4.78 is 27.1. The van der Waals surface area contributed by atoms with Gasteiger partial charge in [-0.1, -0.05) is 30.3 Å². The van der Waals surface area contributed by atoms with E-state index in [1.165, 1.54) is 12.1 Å². The summed E-state index contributed by atoms with van der Waals surface area (Å²) in [6.07, 6.45) is 3.74. The molecule has 1 aliphatic heterocycles. The summed E-state index contributed by atoms with van der Waals surface area (Å²) in [4.78, 5) is 28.1. The maximum Gasteiger partial charge on any atom is 0.271 e. The lowest BCUT2D eigenvalue weighted by molar-refractivity contribution is -0.140. The maximum absolute atomic E-state index is 14.9. The fraction of sp³-hybridized carbons (Fsp3) is 0.176. The summed E-state index contributed by atoms with van der Waals surface area (Å²) >= 11 is 0. The van der Waals surface area contributed by atoms with Crippen molar-refractivity contribution < 1.29 is 23.5 Å². The van der Waals surface area contributed by atoms with Gasteiger partial charge >= 0.3 is 0 Å². The highest BCUT2D eigenvalue weighted by atomic mass is 19.1. The predicted octanol–water partition coefficient (Wildman–Crippen LogP) is 5.92. The Hall–Kier alpha value is -5.49. The van der Waals surface area contributed by atoms with Crippen LogP contribution in [-0.2, 0) is 16.0 Å². The molecule has 2 heterocycles. The predicted molar refractivity (Wildman–Crippen MR) is 160 cm³/mol. The lowest BCUT2D eigenvalue weighted by atomic mass is 9.93. The molecular formula is C34H29FN4O4. The highest BCUT2D eigenvalue weighted by Gasteiger charge is 2.35. The minimum absolute atomic E-state index is 0.0834. The van der Waals surface area contributed by atoms with E-state index in [2.05, 4.69) is 0 Å². The van der Waals surface area contributed by atoms with Crippen molar-refractivity contribution in [3.63, 3.8) is 0 Å². The molecule has 1 aromatic heterocycles. The van der Waals surface area contributed by atoms with Crippen molar-refractivity contribution in [1.29, 1.82) is 5.26 Å². The third-order valence-corrected chi connectivity index (χ3v) is 7.18. The summed E-state index contributed by atoms with van der Waals surface area (Å²) in [6, 6.07) is 23.3. The lowest BCUT2D eigenvalue weighted by Crippen LogP contribution is -2.43. The van der Waals surface area contributed by atoms with Crippen molar-refractivity contribution in [3.8, 4) is 34.5 Å². The number of benzene rings is 3. The number of amides is 2. The fourth-order valence-corrected chi connectivity index (χ4v) is 4.87. The van der Waals surface area contributed by atoms with Crippen molar-refractivity contribution >= 4 is 17.9 Å². The van der Waals surface area contributed by atoms with Gasteiger partial charge in [-0.3, -0.25) is 14.5 Å². The van der Waals surface area contributed by atoms with Gasteiger partial charge in [-0.15, -0.1) is 0 Å². The number of para-hydroxylation sites is 1. The van der Waals surface area contributed by atoms with Gasteiger partial charge in [0.15, 0.2) is 11.6 Å². The van der Waals surface area contributed by atoms with Crippen molar-refractivity contribution in [1.82, 2.24) is 14.7 Å². The van der Waals surface area contributed by atoms with Gasteiger partial charge in [-0.2, -0.15) is 10.4 Å². The molecule has 216 valence electrons. The van der Waals surface area contributed by atoms with Crippen LogP contribution in [0.1, 0.15) is 25.0 Å². The normalized spacial score (nSPS) is 14.3. The van der Waals surface area contributed by atoms with E-state index in [0.717, 1.165) is 16.2 Å². The number of carbonyl (C=O) groups is 2. The standard InChI is InChI=1S/C34H29FN4O4/c1-4-43-31-15-12-24(19-30(31)35)32-25(21-39(37-32)26-8-6-5-7-9-26)18-28-22(2)29(20-36)34(41)38(33(28)40)17-16-23-10-13-27(42-3)14-11-23/h5-15,18-19,21H,4,16-17H2,1-3H3/b28-18+. The summed E-state index contributed by atoms with van der Waals surface area (Å²) in [6.45, 7) is 3.76. The molecule has 0 atom stereocenters. The SMILES string of the molecule is CCOc1ccc(-c2nn(-c3ccccc3)cc2/C=C2/C(=O)N(CCc3ccc(OC)cc3)C(=O)C(C#N)=C2C)cc1F. The van der Waals surface area contributed by atoms with E-state index >= 15 is 0 Å². The van der Waals surface area contributed by atoms with Crippen LogP contribution in [0.4, 0.5) is 4.39 Å². The van der Waals surface area contributed by atoms with Crippen LogP contribution in [0, 0.1) is 17.1 Å². The maximum atomic E-state index is 14.9. The van der Waals surface area contributed by atoms with Crippen LogP contribution in [0.2, 0.25) is 0 Å². The van der Waals surface area contributed by atoms with Gasteiger partial charge in [0.25, 0.3) is 11.8 Å². The third kappa shape index (κ3) is 5.95. The van der Waals surface area contributed by atoms with Gasteiger partial charge in [0.05, 0.1) is 19.4 Å². The number of ether oxygens (including phenoxy) is 2. The minimum Gasteiger partial charge on any atom is -0.497 e. The molecule has 0 unspecified atom stereocenters. The number of methoxy groups -OCH3 is 1. The first-order valence-electron chi connectivity index (χ1n) is 13.7. The molecule has 0 bridgehead atoms. The Labute approximate surface area is 248 Å². The molecule has 5 rings (SSSR count). The Balaban J connectivity index is 1.57. The molecule has 2 amide bonds. The summed E-state index contributed by atoms with van der Waals surface area (Å²) in [5.41, 5.74) is 3.42. The van der Waals surface area contributed by atoms with Gasteiger partial charge < -0.3 is 9.47 Å². The molecule has 0 saturated carbocycles. The van der Waals surface area contributed by atoms with E-state index < -0.39 is 17.6 Å². The van der Waals surface area contributed by atoms with Crippen LogP contribution in [-0.4, -0.2) is 46.8 Å². The number of aromatic nitrogens is 2. The molecule has 0 fully saturated rings. The van der Waals surface area contributed by atoms with Gasteiger partial charge in [0, 0.05) is 29.4 Å². The number of halogens is 1. The first-order valence-corrected chi connectivity index (χ1v) is 13.7. The molecule has 3 aromatic carbocycles. The van der Waals surface area contributed by atoms with Crippen LogP contribution in [0.3, 0.4) is 0 Å². The van der Waals surface area contributed by atoms with E-state index in [4.69, 9.17) is 14.6 Å². The molecule has 0 saturated heterocycles. The third-order valence-electron chi connectivity index (χ3n) is 7.18. The largest absolute Gasteiger partial charge is 0.497 e. The van der Waals surface area contributed by atoms with E-state index in [1.54, 1.807) is 56.1 Å². The average Bonchev–Trinajstić information content (AvgIpc) is 3.45. The first kappa shape index (κ1) is 29.0. The van der Waals surface area contributed by atoms with Crippen LogP contribution in [0.5, 0.6) is 11.5 Å². The number of imide groups is 1. The lowest BCUT2D eigenvalue weighted by Gasteiger charge is -2.27. The number of hydrogen-bond acceptors (Lipinski definition) is 6. The first-order chi connectivity index (χ1) is 20.8. The van der Waals surface area contributed by atoms with Crippen LogP contribution in [0.25, 0.3) is 23.0 Å². The number of carbonyl (C=O) groups excluding carboxylic acids is 2. The molecular weight excluding hydrogens is 547 g/mol. The number of nitriles is 1. The zero-order valence-corrected chi connectivity index (χ0v) is 24.0. The molecule has 4 aromatic rings. The summed E-state index contributed by atoms with van der Waals surface area (Å²) in [5.74, 6) is -0.877. The highest BCUT2D eigenvalue weighted by molar-refractivity contribution is 6.19. The van der Waals surface area contributed by atoms with Gasteiger partial charge in [-0.05, 0) is 79.9 Å². The second kappa shape index (κ2) is 12.6. The van der Waals surface area contributed by atoms with E-state index in [-0.39, 0.29) is 29.0 Å². The van der Waals surface area contributed by atoms with Crippen molar-refractivity contribution in [2.24, 2.45) is 0 Å². The number of hydrogen-bond donors (Lipinski definition) is 0. The van der Waals surface area contributed by atoms with E-state index in [1.807, 2.05) is 48.5 Å². The zero-order valence-electron chi connectivity index (χ0n) is 24.0. The van der Waals surface area contributed by atoms with Gasteiger partial charge in [0.1, 0.15) is 23.1 Å². The Morgan fingerprint density at radius 1 is 1.02 bits per heavy atom. The monoisotopic (exact) mass is 576 g/mol. The molecule has 1 aliphatic rings. The van der Waals surface area contributed by atoms with Crippen molar-refractivity contribution in [3.05, 3.63) is 113 Å². The average molecular weight is 577 g/mol. The molecule has 0 spiro atoms. The van der Waals surface area contributed by atoms with E-state index in [9.17, 15) is 19.2 Å². The number of rotatable bonds is 9. The molecule has 0 aliphatic carbocycles. The Morgan fingerprint density at radius 3 is 2.42 bits per heavy atom. The molecule has 8 nitrogen and oxygen atoms in total. The second-order valence-electron chi connectivity index (χ2n) is 9.82. The van der Waals surface area contributed by atoms with Crippen LogP contribution in [0.15, 0.2) is 95.7 Å². The van der Waals surface area contributed by atoms with Crippen molar-refractivity contribution in [2.45, 2.75) is 20.3 Å².